The van der Waals surface area contributed by atoms with Crippen LogP contribution in [0.25, 0.3) is 0 Å². The lowest BCUT2D eigenvalue weighted by Crippen LogP contribution is -2.66. The van der Waals surface area contributed by atoms with Crippen LogP contribution in [0.1, 0.15) is 37.5 Å². The molecule has 0 aliphatic carbocycles. The van der Waals surface area contributed by atoms with Crippen LogP contribution in [0.3, 0.4) is 0 Å². The van der Waals surface area contributed by atoms with Crippen LogP contribution in [0.4, 0.5) is 4.79 Å². The minimum absolute atomic E-state index is 0.157. The first-order valence-electron chi connectivity index (χ1n) is 18.2. The summed E-state index contributed by atoms with van der Waals surface area (Å²) in [4.78, 5) is 37.4. The quantitative estimate of drug-likeness (QED) is 0.105. The number of hydrogen-bond donors (Lipinski definition) is 2. The van der Waals surface area contributed by atoms with E-state index in [1.165, 1.54) is 0 Å². The number of alkyl carbamates (subject to hydrolysis) is 1. The summed E-state index contributed by atoms with van der Waals surface area (Å²) in [5.41, 5.74) is 2.74. The molecule has 0 bridgehead atoms. The number of hydrogen-bond acceptors (Lipinski definition) is 13. The van der Waals surface area contributed by atoms with E-state index >= 15 is 0 Å². The largest absolute Gasteiger partial charge is 0.456 e. The number of carbonyl (C=O) groups excluding carboxylic acids is 3. The number of benzene rings is 3. The Morgan fingerprint density at radius 1 is 0.667 bits per heavy atom. The molecule has 0 unspecified atom stereocenters. The molecule has 3 aromatic carbocycles. The molecule has 57 heavy (non-hydrogen) atoms. The third-order valence-electron chi connectivity index (χ3n) is 8.93. The van der Waals surface area contributed by atoms with Crippen molar-refractivity contribution in [1.82, 2.24) is 5.32 Å². The van der Waals surface area contributed by atoms with Crippen LogP contribution < -0.4 is 5.32 Å². The van der Waals surface area contributed by atoms with Gasteiger partial charge in [-0.2, -0.15) is 0 Å². The van der Waals surface area contributed by atoms with E-state index < -0.39 is 89.8 Å². The Balaban J connectivity index is 1.41. The number of aliphatic hydroxyl groups excluding tert-OH is 1. The lowest BCUT2D eigenvalue weighted by molar-refractivity contribution is -0.332. The lowest BCUT2D eigenvalue weighted by Gasteiger charge is -2.46. The fourth-order valence-corrected chi connectivity index (χ4v) is 6.55. The van der Waals surface area contributed by atoms with Gasteiger partial charge in [0, 0.05) is 13.8 Å². The molecular formula is C40H46Cl3NO13. The zero-order valence-electron chi connectivity index (χ0n) is 31.4. The highest BCUT2D eigenvalue weighted by Gasteiger charge is 2.52. The van der Waals surface area contributed by atoms with Crippen molar-refractivity contribution in [1.29, 1.82) is 0 Å². The molecule has 2 aliphatic rings. The number of ether oxygens (including phenoxy) is 9. The topological polar surface area (TPSA) is 167 Å². The third-order valence-corrected chi connectivity index (χ3v) is 9.26. The van der Waals surface area contributed by atoms with Crippen molar-refractivity contribution in [2.24, 2.45) is 0 Å². The number of nitrogens with one attached hydrogen (secondary N) is 1. The molecule has 2 aliphatic heterocycles. The van der Waals surface area contributed by atoms with Crippen molar-refractivity contribution >= 4 is 52.8 Å². The summed E-state index contributed by atoms with van der Waals surface area (Å²) in [6.07, 6.45) is -11.1. The Morgan fingerprint density at radius 2 is 1.14 bits per heavy atom. The molecule has 10 atom stereocenters. The van der Waals surface area contributed by atoms with E-state index in [1.54, 1.807) is 0 Å². The Hall–Kier alpha value is -3.54. The van der Waals surface area contributed by atoms with E-state index in [4.69, 9.17) is 77.4 Å². The van der Waals surface area contributed by atoms with Gasteiger partial charge in [-0.25, -0.2) is 4.79 Å². The summed E-state index contributed by atoms with van der Waals surface area (Å²) in [7, 11) is 0. The highest BCUT2D eigenvalue weighted by Crippen LogP contribution is 2.33. The predicted octanol–water partition coefficient (Wildman–Crippen LogP) is 5.55. The average Bonchev–Trinajstić information content (AvgIpc) is 3.17. The first-order chi connectivity index (χ1) is 27.3. The number of aliphatic hydroxyl groups is 1. The molecule has 5 rings (SSSR count). The van der Waals surface area contributed by atoms with Crippen molar-refractivity contribution in [2.75, 3.05) is 13.2 Å². The van der Waals surface area contributed by atoms with Crippen molar-refractivity contribution < 1.29 is 62.1 Å². The fraction of sp³-hybridized carbons (Fsp3) is 0.475. The molecule has 2 saturated heterocycles. The molecule has 2 heterocycles. The fourth-order valence-electron chi connectivity index (χ4n) is 6.39. The molecule has 1 amide bonds. The second kappa shape index (κ2) is 21.5. The summed E-state index contributed by atoms with van der Waals surface area (Å²) in [5.74, 6) is -1.59. The maximum absolute atomic E-state index is 12.6. The van der Waals surface area contributed by atoms with E-state index in [1.807, 2.05) is 97.9 Å². The van der Waals surface area contributed by atoms with Gasteiger partial charge in [-0.3, -0.25) is 9.59 Å². The first kappa shape index (κ1) is 44.6. The average molecular weight is 855 g/mol. The minimum Gasteiger partial charge on any atom is -0.456 e. The van der Waals surface area contributed by atoms with Gasteiger partial charge in [0.1, 0.15) is 37.1 Å². The second-order valence-corrected chi connectivity index (χ2v) is 15.9. The van der Waals surface area contributed by atoms with Crippen LogP contribution in [-0.4, -0.2) is 101 Å². The molecule has 2 fully saturated rings. The van der Waals surface area contributed by atoms with Crippen LogP contribution in [0.15, 0.2) is 91.0 Å². The molecule has 0 saturated carbocycles. The number of halogens is 3. The van der Waals surface area contributed by atoms with Gasteiger partial charge in [-0.15, -0.1) is 0 Å². The Labute approximate surface area is 345 Å². The Bertz CT molecular complexity index is 1710. The summed E-state index contributed by atoms with van der Waals surface area (Å²) in [6, 6.07) is 27.3. The van der Waals surface area contributed by atoms with Crippen LogP contribution >= 0.6 is 34.8 Å². The number of alkyl halides is 3. The number of rotatable bonds is 16. The van der Waals surface area contributed by atoms with Crippen LogP contribution in [0, 0.1) is 0 Å². The zero-order chi connectivity index (χ0) is 41.0. The number of carbonyl (C=O) groups is 3. The Kier molecular flexibility index (Phi) is 16.8. The summed E-state index contributed by atoms with van der Waals surface area (Å²) < 4.78 is 52.4. The highest BCUT2D eigenvalue weighted by atomic mass is 35.6. The van der Waals surface area contributed by atoms with Crippen molar-refractivity contribution in [3.63, 3.8) is 0 Å². The maximum Gasteiger partial charge on any atom is 0.407 e. The first-order valence-corrected chi connectivity index (χ1v) is 19.3. The van der Waals surface area contributed by atoms with Crippen molar-refractivity contribution in [3.8, 4) is 0 Å². The standard InChI is InChI=1S/C40H46Cl3NO13/c1-24-32(49-19-27-13-7-4-8-14-27)35(50-20-28-15-9-5-10-16-28)36(51-21-29-17-11-6-12-18-29)38(54-24)52-22-30-33(55-25(2)45)34(56-26(3)46)31(37(47)57-30)44-39(48)53-23-40(41,42)43/h4-18,24,30-38,47H,19-23H2,1-3H3,(H,44,48)/t24-,30+,31+,32+,33+,34+,35+,36-,37+,38+/m0/s1. The van der Waals surface area contributed by atoms with Crippen molar-refractivity contribution in [3.05, 3.63) is 108 Å². The lowest BCUT2D eigenvalue weighted by atomic mass is 9.96. The molecule has 14 nitrogen and oxygen atoms in total. The van der Waals surface area contributed by atoms with Gasteiger partial charge in [0.2, 0.25) is 3.79 Å². The summed E-state index contributed by atoms with van der Waals surface area (Å²) >= 11 is 17.1. The normalized spacial score (nSPS) is 27.6. The number of amides is 1. The molecular weight excluding hydrogens is 809 g/mol. The smallest absolute Gasteiger partial charge is 0.407 e. The molecule has 3 aromatic rings. The molecule has 310 valence electrons. The van der Waals surface area contributed by atoms with Gasteiger partial charge in [-0.1, -0.05) is 126 Å². The molecule has 2 N–H and O–H groups in total. The van der Waals surface area contributed by atoms with Crippen LogP contribution in [0.5, 0.6) is 0 Å². The van der Waals surface area contributed by atoms with Gasteiger partial charge in [0.15, 0.2) is 24.8 Å². The van der Waals surface area contributed by atoms with Gasteiger partial charge in [-0.05, 0) is 23.6 Å². The highest BCUT2D eigenvalue weighted by molar-refractivity contribution is 6.67. The maximum atomic E-state index is 12.6. The molecule has 0 aromatic heterocycles. The van der Waals surface area contributed by atoms with Crippen LogP contribution in [-0.2, 0) is 72.0 Å². The van der Waals surface area contributed by atoms with Gasteiger partial charge >= 0.3 is 18.0 Å². The SMILES string of the molecule is CC(=O)O[C@@H]1[C@@H](NC(=O)OCC(Cl)(Cl)Cl)[C@H](O)O[C@H](CO[C@@H]2O[C@@H](C)[C@@H](OCc3ccccc3)[C@@H](OCc3ccccc3)[C@@H]2OCc2ccccc2)[C@H]1OC(C)=O. The van der Waals surface area contributed by atoms with E-state index in [9.17, 15) is 19.5 Å². The van der Waals surface area contributed by atoms with Gasteiger partial charge in [0.05, 0.1) is 32.5 Å². The Morgan fingerprint density at radius 3 is 1.63 bits per heavy atom. The van der Waals surface area contributed by atoms with E-state index in [0.29, 0.717) is 0 Å². The van der Waals surface area contributed by atoms with E-state index in [0.717, 1.165) is 30.5 Å². The summed E-state index contributed by atoms with van der Waals surface area (Å²) in [6.45, 7) is 3.68. The third kappa shape index (κ3) is 13.8. The zero-order valence-corrected chi connectivity index (χ0v) is 33.7. The molecule has 17 heteroatoms. The van der Waals surface area contributed by atoms with Gasteiger partial charge in [0.25, 0.3) is 0 Å². The second-order valence-electron chi connectivity index (χ2n) is 13.4. The van der Waals surface area contributed by atoms with E-state index in [2.05, 4.69) is 5.32 Å². The predicted molar refractivity (Wildman–Crippen MR) is 206 cm³/mol. The van der Waals surface area contributed by atoms with E-state index in [-0.39, 0.29) is 26.4 Å². The summed E-state index contributed by atoms with van der Waals surface area (Å²) in [5, 5.41) is 13.5. The molecule has 0 spiro atoms. The molecule has 0 radical (unpaired) electrons. The number of esters is 2. The van der Waals surface area contributed by atoms with Crippen molar-refractivity contribution in [2.45, 2.75) is 106 Å². The minimum atomic E-state index is -1.93. The van der Waals surface area contributed by atoms with Crippen LogP contribution in [0.2, 0.25) is 0 Å². The van der Waals surface area contributed by atoms with Gasteiger partial charge < -0.3 is 53.1 Å². The monoisotopic (exact) mass is 853 g/mol.